The lowest BCUT2D eigenvalue weighted by Crippen LogP contribution is -2.44. The first kappa shape index (κ1) is 29.3. The number of nitrogens with one attached hydrogen (secondary N) is 3. The lowest BCUT2D eigenvalue weighted by Gasteiger charge is -2.26. The first-order valence-corrected chi connectivity index (χ1v) is 12.4. The van der Waals surface area contributed by atoms with Gasteiger partial charge in [0, 0.05) is 24.5 Å². The van der Waals surface area contributed by atoms with E-state index in [0.717, 1.165) is 55.5 Å². The Labute approximate surface area is 213 Å². The number of carbonyl (C=O) groups is 4. The van der Waals surface area contributed by atoms with Gasteiger partial charge in [-0.05, 0) is 59.3 Å². The lowest BCUT2D eigenvalue weighted by molar-refractivity contribution is -0.146. The normalized spacial score (nSPS) is 14.5. The van der Waals surface area contributed by atoms with E-state index >= 15 is 0 Å². The number of aromatic amines is 1. The van der Waals surface area contributed by atoms with E-state index in [0.29, 0.717) is 0 Å². The van der Waals surface area contributed by atoms with Crippen molar-refractivity contribution in [3.63, 3.8) is 0 Å². The van der Waals surface area contributed by atoms with Gasteiger partial charge in [-0.3, -0.25) is 9.36 Å². The highest BCUT2D eigenvalue weighted by Gasteiger charge is 2.26. The summed E-state index contributed by atoms with van der Waals surface area (Å²) >= 11 is 0. The van der Waals surface area contributed by atoms with Crippen molar-refractivity contribution in [3.8, 4) is 0 Å². The van der Waals surface area contributed by atoms with Gasteiger partial charge in [-0.25, -0.2) is 24.0 Å². The third-order valence-corrected chi connectivity index (χ3v) is 5.72. The molecule has 1 aromatic heterocycles. The molecule has 0 atom stereocenters. The number of carbonyl (C=O) groups excluding carboxylic acids is 4. The number of hydrogen-bond acceptors (Lipinski definition) is 9. The first-order valence-electron chi connectivity index (χ1n) is 12.4. The number of esters is 3. The molecule has 1 heterocycles. The van der Waals surface area contributed by atoms with Gasteiger partial charge < -0.3 is 29.8 Å². The van der Waals surface area contributed by atoms with Crippen LogP contribution in [0.5, 0.6) is 0 Å². The van der Waals surface area contributed by atoms with Gasteiger partial charge >= 0.3 is 29.6 Å². The average Bonchev–Trinajstić information content (AvgIpc) is 2.79. The van der Waals surface area contributed by atoms with Crippen molar-refractivity contribution in [1.82, 2.24) is 20.2 Å². The Kier molecular flexibility index (Phi) is 11.6. The van der Waals surface area contributed by atoms with E-state index in [1.807, 2.05) is 0 Å². The molecule has 37 heavy (non-hydrogen) atoms. The van der Waals surface area contributed by atoms with Gasteiger partial charge in [0.2, 0.25) is 0 Å². The molecule has 0 saturated heterocycles. The highest BCUT2D eigenvalue weighted by atomic mass is 16.6. The van der Waals surface area contributed by atoms with E-state index < -0.39 is 35.2 Å². The zero-order valence-corrected chi connectivity index (χ0v) is 21.3. The smallest absolute Gasteiger partial charge is 0.347 e. The fourth-order valence-corrected chi connectivity index (χ4v) is 3.36. The van der Waals surface area contributed by atoms with Gasteiger partial charge in [0.25, 0.3) is 5.56 Å². The number of nitrogens with zero attached hydrogens (tertiary/aromatic N) is 1. The average molecular weight is 523 g/mol. The zero-order valence-electron chi connectivity index (χ0n) is 21.3. The van der Waals surface area contributed by atoms with Gasteiger partial charge in [-0.2, -0.15) is 0 Å². The topological polar surface area (TPSA) is 175 Å². The van der Waals surface area contributed by atoms with Crippen molar-refractivity contribution in [2.45, 2.75) is 71.4 Å². The predicted molar refractivity (Wildman–Crippen MR) is 131 cm³/mol. The predicted octanol–water partition coefficient (Wildman–Crippen LogP) is 1.29. The molecule has 204 valence electrons. The number of amides is 2. The van der Waals surface area contributed by atoms with E-state index in [1.54, 1.807) is 20.8 Å². The van der Waals surface area contributed by atoms with Gasteiger partial charge in [0.1, 0.15) is 5.56 Å². The summed E-state index contributed by atoms with van der Waals surface area (Å²) in [4.78, 5) is 72.2. The molecular weight excluding hydrogens is 488 g/mol. The fraction of sp³-hybridized carbons (Fsp3) is 0.583. The van der Waals surface area contributed by atoms with Crippen LogP contribution in [0.4, 0.5) is 4.79 Å². The third-order valence-electron chi connectivity index (χ3n) is 5.72. The third kappa shape index (κ3) is 8.33. The summed E-state index contributed by atoms with van der Waals surface area (Å²) in [6.45, 7) is 5.36. The molecule has 0 radical (unpaired) electrons. The van der Waals surface area contributed by atoms with Crippen molar-refractivity contribution >= 4 is 23.9 Å². The Morgan fingerprint density at radius 3 is 1.97 bits per heavy atom. The molecule has 13 heteroatoms. The summed E-state index contributed by atoms with van der Waals surface area (Å²) in [6, 6.07) is -0.376. The van der Waals surface area contributed by atoms with E-state index in [2.05, 4.69) is 15.6 Å². The van der Waals surface area contributed by atoms with Crippen LogP contribution in [0.1, 0.15) is 75.7 Å². The minimum Gasteiger partial charge on any atom is -0.462 e. The molecule has 0 aliphatic heterocycles. The van der Waals surface area contributed by atoms with E-state index in [4.69, 9.17) is 14.2 Å². The molecule has 2 saturated carbocycles. The molecule has 2 aliphatic carbocycles. The summed E-state index contributed by atoms with van der Waals surface area (Å²) < 4.78 is 15.4. The fourth-order valence-electron chi connectivity index (χ4n) is 3.36. The molecule has 2 amide bonds. The van der Waals surface area contributed by atoms with Crippen LogP contribution in [0, 0.1) is 0 Å². The monoisotopic (exact) mass is 522 g/mol. The van der Waals surface area contributed by atoms with Crippen LogP contribution in [-0.2, 0) is 23.8 Å². The van der Waals surface area contributed by atoms with Crippen LogP contribution >= 0.6 is 0 Å². The molecule has 0 spiro atoms. The van der Waals surface area contributed by atoms with Gasteiger partial charge in [0.05, 0.1) is 19.8 Å². The first-order chi connectivity index (χ1) is 17.7. The van der Waals surface area contributed by atoms with Gasteiger partial charge in [-0.1, -0.05) is 0 Å². The molecule has 3 N–H and O–H groups in total. The minimum atomic E-state index is -0.824. The second-order valence-electron chi connectivity index (χ2n) is 8.23. The van der Waals surface area contributed by atoms with Crippen LogP contribution in [-0.4, -0.2) is 59.4 Å². The van der Waals surface area contributed by atoms with Gasteiger partial charge in [-0.15, -0.1) is 0 Å². The van der Waals surface area contributed by atoms with Crippen molar-refractivity contribution in [1.29, 1.82) is 0 Å². The van der Waals surface area contributed by atoms with Crippen LogP contribution in [0.25, 0.3) is 0 Å². The Morgan fingerprint density at radius 1 is 0.946 bits per heavy atom. The van der Waals surface area contributed by atoms with E-state index in [9.17, 15) is 28.8 Å². The molecule has 0 bridgehead atoms. The van der Waals surface area contributed by atoms with E-state index in [1.165, 1.54) is 0 Å². The molecule has 2 fully saturated rings. The Hall–Kier alpha value is -3.90. The summed E-state index contributed by atoms with van der Waals surface area (Å²) in [6.07, 6.45) is 7.73. The number of ether oxygens (including phenoxy) is 3. The standard InChI is InChI=1S/C13H20N2O5.C11H14N2O4/c1-3-19-11(16)10(12(17)20-4-2)8-14-13(18)15-9-6-5-7-9;1-2-17-10(15)8-6-12-11(16)13(9(8)14)7-4-3-5-7/h8-9H,3-7H2,1-2H3,(H2,14,15,18);6-7H,2-5H2,1H3,(H,12,16). The molecule has 0 aromatic carbocycles. The van der Waals surface area contributed by atoms with Gasteiger partial charge in [0.15, 0.2) is 5.57 Å². The maximum atomic E-state index is 12.0. The molecule has 1 aromatic rings. The Bertz CT molecular complexity index is 1090. The number of urea groups is 1. The summed E-state index contributed by atoms with van der Waals surface area (Å²) in [5, 5.41) is 5.06. The highest BCUT2D eigenvalue weighted by molar-refractivity contribution is 6.14. The molecular formula is C24H34N4O9. The molecule has 2 aliphatic rings. The molecule has 3 rings (SSSR count). The van der Waals surface area contributed by atoms with E-state index in [-0.39, 0.29) is 43.0 Å². The highest BCUT2D eigenvalue weighted by Crippen LogP contribution is 2.28. The summed E-state index contributed by atoms with van der Waals surface area (Å²) in [7, 11) is 0. The maximum Gasteiger partial charge on any atom is 0.347 e. The van der Waals surface area contributed by atoms with Crippen LogP contribution in [0.3, 0.4) is 0 Å². The van der Waals surface area contributed by atoms with Crippen LogP contribution in [0.2, 0.25) is 0 Å². The maximum absolute atomic E-state index is 12.0. The number of hydrogen-bond donors (Lipinski definition) is 3. The lowest BCUT2D eigenvalue weighted by atomic mass is 9.93. The molecule has 13 nitrogen and oxygen atoms in total. The zero-order chi connectivity index (χ0) is 27.4. The quantitative estimate of drug-likeness (QED) is 0.142. The Balaban J connectivity index is 0.000000263. The minimum absolute atomic E-state index is 0.0828. The summed E-state index contributed by atoms with van der Waals surface area (Å²) in [5.74, 6) is -2.34. The van der Waals surface area contributed by atoms with Crippen LogP contribution in [0.15, 0.2) is 27.6 Å². The van der Waals surface area contributed by atoms with Crippen molar-refractivity contribution in [3.05, 3.63) is 44.4 Å². The number of rotatable bonds is 9. The van der Waals surface area contributed by atoms with Crippen molar-refractivity contribution in [2.75, 3.05) is 19.8 Å². The largest absolute Gasteiger partial charge is 0.462 e. The summed E-state index contributed by atoms with van der Waals surface area (Å²) in [5.41, 5.74) is -1.47. The number of H-pyrrole nitrogens is 1. The number of aromatic nitrogens is 2. The second-order valence-corrected chi connectivity index (χ2v) is 8.23. The Morgan fingerprint density at radius 2 is 1.51 bits per heavy atom. The van der Waals surface area contributed by atoms with Crippen molar-refractivity contribution in [2.24, 2.45) is 0 Å². The SMILES string of the molecule is CCOC(=O)C(=CNC(=O)NC1CCC1)C(=O)OCC.CCOC(=O)c1c[nH]c(=O)n(C2CCC2)c1=O. The molecule has 0 unspecified atom stereocenters. The second kappa shape index (κ2) is 14.6. The van der Waals surface area contributed by atoms with Crippen LogP contribution < -0.4 is 21.9 Å². The van der Waals surface area contributed by atoms with Crippen molar-refractivity contribution < 1.29 is 33.4 Å².